The maximum Gasteiger partial charge on any atom is 0 e. The number of hydrogen-bond acceptors (Lipinski definition) is 0. The molecule has 4 heavy (non-hydrogen) atoms. The van der Waals surface area contributed by atoms with E-state index in [2.05, 4.69) is 0 Å². The first-order chi connectivity index (χ1) is 0. The minimum Gasteiger partial charge on any atom is -0.0776 e. The molecule has 29 valence electrons. The van der Waals surface area contributed by atoms with Gasteiger partial charge in [-0.15, -0.1) is 0 Å². The average molecular weight is 355 g/mol. The van der Waals surface area contributed by atoms with Gasteiger partial charge in [0.15, 0.2) is 0 Å². The van der Waals surface area contributed by atoms with Gasteiger partial charge >= 0.3 is 0 Å². The molecule has 3 heteroatoms. The van der Waals surface area contributed by atoms with Gasteiger partial charge in [0.2, 0.25) is 0 Å². The summed E-state index contributed by atoms with van der Waals surface area (Å²) < 4.78 is 0. The van der Waals surface area contributed by atoms with E-state index in [1.54, 1.807) is 0 Å². The first-order valence-electron chi connectivity index (χ1n) is 0. The Hall–Kier alpha value is 2.09. The molecule has 0 saturated carbocycles. The van der Waals surface area contributed by atoms with Crippen LogP contribution in [0.15, 0.2) is 0 Å². The van der Waals surface area contributed by atoms with Crippen molar-refractivity contribution in [2.24, 2.45) is 0 Å². The Morgan fingerprint density at radius 1 is 1.00 bits per heavy atom. The second-order valence-electron chi connectivity index (χ2n) is 0. The van der Waals surface area contributed by atoms with E-state index >= 15 is 0 Å². The van der Waals surface area contributed by atoms with Gasteiger partial charge in [-0.05, 0) is 0 Å². The fraction of sp³-hybridized carbons (Fsp3) is 1.00. The Bertz CT molecular complexity index is 8.00. The summed E-state index contributed by atoms with van der Waals surface area (Å²) in [5.41, 5.74) is 0. The summed E-state index contributed by atoms with van der Waals surface area (Å²) >= 11 is 0. The van der Waals surface area contributed by atoms with Crippen molar-refractivity contribution in [1.29, 1.82) is 0 Å². The Kier molecular flexibility index (Phi) is 176. The molecule has 0 fully saturated rings. The van der Waals surface area contributed by atoms with Crippen LogP contribution in [-0.2, 0) is 64.3 Å². The summed E-state index contributed by atoms with van der Waals surface area (Å²) in [6, 6.07) is 0. The largest absolute Gasteiger partial charge is 0.0776 e. The minimum absolute atomic E-state index is 0. The zero-order valence-electron chi connectivity index (χ0n) is 1.21. The molecular weight excluding hydrogens is 351 g/mol. The summed E-state index contributed by atoms with van der Waals surface area (Å²) in [4.78, 5) is 0. The molecule has 0 aliphatic carbocycles. The SMILES string of the molecule is C.[Cu].[W].[Zr]. The molecule has 0 nitrogen and oxygen atoms in total. The third-order valence-electron chi connectivity index (χ3n) is 0. The van der Waals surface area contributed by atoms with Crippen molar-refractivity contribution in [3.8, 4) is 0 Å². The summed E-state index contributed by atoms with van der Waals surface area (Å²) in [6.07, 6.45) is 0. The van der Waals surface area contributed by atoms with Crippen LogP contribution in [0.2, 0.25) is 0 Å². The summed E-state index contributed by atoms with van der Waals surface area (Å²) in [5, 5.41) is 0. The van der Waals surface area contributed by atoms with Crippen molar-refractivity contribution in [1.82, 2.24) is 0 Å². The van der Waals surface area contributed by atoms with Gasteiger partial charge in [-0.25, -0.2) is 0 Å². The van der Waals surface area contributed by atoms with E-state index in [1.165, 1.54) is 0 Å². The molecule has 0 aromatic rings. The average Bonchev–Trinajstić information content (AvgIpc) is 0. The van der Waals surface area contributed by atoms with E-state index < -0.39 is 0 Å². The monoisotopic (exact) mass is 353 g/mol. The van der Waals surface area contributed by atoms with E-state index in [1.807, 2.05) is 0 Å². The van der Waals surface area contributed by atoms with Crippen molar-refractivity contribution >= 4 is 0 Å². The molecule has 0 aliphatic heterocycles. The van der Waals surface area contributed by atoms with Crippen molar-refractivity contribution in [2.75, 3.05) is 0 Å². The molecule has 0 aliphatic rings. The van der Waals surface area contributed by atoms with Gasteiger partial charge in [0.05, 0.1) is 0 Å². The van der Waals surface area contributed by atoms with Crippen molar-refractivity contribution in [3.63, 3.8) is 0 Å². The van der Waals surface area contributed by atoms with E-state index in [0.29, 0.717) is 0 Å². The maximum absolute atomic E-state index is 0. The second kappa shape index (κ2) is 19.5. The number of rotatable bonds is 0. The summed E-state index contributed by atoms with van der Waals surface area (Å²) in [7, 11) is 0. The molecule has 1 radical (unpaired) electrons. The topological polar surface area (TPSA) is 0 Å². The predicted molar refractivity (Wildman–Crippen MR) is 6.73 cm³/mol. The minimum atomic E-state index is 0. The molecule has 0 N–H and O–H groups in total. The first-order valence-corrected chi connectivity index (χ1v) is 0. The van der Waals surface area contributed by atoms with E-state index in [-0.39, 0.29) is 71.8 Å². The van der Waals surface area contributed by atoms with Crippen molar-refractivity contribution < 1.29 is 64.3 Å². The maximum atomic E-state index is 0. The Morgan fingerprint density at radius 3 is 1.00 bits per heavy atom. The zero-order chi connectivity index (χ0) is 0. The van der Waals surface area contributed by atoms with Gasteiger partial charge in [-0.3, -0.25) is 0 Å². The molecule has 0 saturated heterocycles. The normalized spacial score (nSPS) is 0. The van der Waals surface area contributed by atoms with E-state index in [0.717, 1.165) is 0 Å². The van der Waals surface area contributed by atoms with Crippen LogP contribution < -0.4 is 0 Å². The third-order valence-corrected chi connectivity index (χ3v) is 0. The van der Waals surface area contributed by atoms with Crippen LogP contribution in [0.1, 0.15) is 7.43 Å². The molecule has 0 heterocycles. The van der Waals surface area contributed by atoms with Crippen LogP contribution in [-0.4, -0.2) is 0 Å². The fourth-order valence-corrected chi connectivity index (χ4v) is 0. The van der Waals surface area contributed by atoms with Gasteiger partial charge in [0, 0.05) is 64.3 Å². The van der Waals surface area contributed by atoms with Gasteiger partial charge in [-0.2, -0.15) is 0 Å². The molecule has 0 bridgehead atoms. The van der Waals surface area contributed by atoms with Gasteiger partial charge in [-0.1, -0.05) is 7.43 Å². The zero-order valence-corrected chi connectivity index (χ0v) is 7.54. The molecule has 0 atom stereocenters. The summed E-state index contributed by atoms with van der Waals surface area (Å²) in [5.74, 6) is 0. The Morgan fingerprint density at radius 2 is 1.00 bits per heavy atom. The fourth-order valence-electron chi connectivity index (χ4n) is 0. The van der Waals surface area contributed by atoms with Crippen LogP contribution >= 0.6 is 0 Å². The Labute approximate surface area is 71.0 Å². The van der Waals surface area contributed by atoms with E-state index in [4.69, 9.17) is 0 Å². The van der Waals surface area contributed by atoms with Gasteiger partial charge < -0.3 is 0 Å². The first kappa shape index (κ1) is 36.1. The van der Waals surface area contributed by atoms with Crippen LogP contribution in [0.4, 0.5) is 0 Å². The molecule has 0 unspecified atom stereocenters. The van der Waals surface area contributed by atoms with Crippen molar-refractivity contribution in [3.05, 3.63) is 0 Å². The van der Waals surface area contributed by atoms with Gasteiger partial charge in [0.1, 0.15) is 0 Å². The third kappa shape index (κ3) is 8.94. The summed E-state index contributed by atoms with van der Waals surface area (Å²) in [6.45, 7) is 0. The Balaban J connectivity index is 0. The molecule has 0 amide bonds. The standard InChI is InChI=1S/CH4.Cu.W.Zr/h1H4;;;. The van der Waals surface area contributed by atoms with Crippen LogP contribution in [0.3, 0.4) is 0 Å². The molecule has 0 aromatic carbocycles. The van der Waals surface area contributed by atoms with Gasteiger partial charge in [0.25, 0.3) is 0 Å². The van der Waals surface area contributed by atoms with Crippen LogP contribution in [0.5, 0.6) is 0 Å². The van der Waals surface area contributed by atoms with Crippen molar-refractivity contribution in [2.45, 2.75) is 7.43 Å². The molecular formula is CH4CuWZr. The molecule has 0 aromatic heterocycles. The van der Waals surface area contributed by atoms with Crippen LogP contribution in [0.25, 0.3) is 0 Å². The van der Waals surface area contributed by atoms with E-state index in [9.17, 15) is 0 Å². The molecule has 0 rings (SSSR count). The van der Waals surface area contributed by atoms with Crippen LogP contribution in [0, 0.1) is 0 Å². The second-order valence-corrected chi connectivity index (χ2v) is 0. The molecule has 0 spiro atoms. The predicted octanol–water partition coefficient (Wildman–Crippen LogP) is 0.629. The quantitative estimate of drug-likeness (QED) is 0.560. The smallest absolute Gasteiger partial charge is 0 e. The number of hydrogen-bond donors (Lipinski definition) is 0.